The Hall–Kier alpha value is -1.79. The molecule has 0 unspecified atom stereocenters. The van der Waals surface area contributed by atoms with Crippen LogP contribution in [0.5, 0.6) is 0 Å². The zero-order chi connectivity index (χ0) is 13.0. The third-order valence-electron chi connectivity index (χ3n) is 2.38. The minimum absolute atomic E-state index is 0.0476. The Morgan fingerprint density at radius 1 is 1.06 bits per heavy atom. The molecule has 2 rings (SSSR count). The van der Waals surface area contributed by atoms with Gasteiger partial charge < -0.3 is 0 Å². The summed E-state index contributed by atoms with van der Waals surface area (Å²) >= 11 is 0. The summed E-state index contributed by atoms with van der Waals surface area (Å²) in [5.74, 6) is -0.465. The van der Waals surface area contributed by atoms with Gasteiger partial charge in [-0.1, -0.05) is 0 Å². The number of aromatic nitrogens is 1. The number of pyridine rings is 1. The summed E-state index contributed by atoms with van der Waals surface area (Å²) in [6, 6.07) is 8.24. The van der Waals surface area contributed by atoms with Crippen molar-refractivity contribution in [2.45, 2.75) is 11.4 Å². The topological polar surface area (TPSA) is 60.3 Å². The first-order chi connectivity index (χ1) is 8.58. The van der Waals surface area contributed by atoms with Crippen LogP contribution in [0.1, 0.15) is 5.56 Å². The third kappa shape index (κ3) is 3.12. The Balaban J connectivity index is 2.11. The largest absolute Gasteiger partial charge is 0.240 e. The molecule has 1 heterocycles. The molecule has 2 N–H and O–H groups in total. The fourth-order valence-electron chi connectivity index (χ4n) is 1.41. The second-order valence-corrected chi connectivity index (χ2v) is 5.45. The number of hydrogen-bond donors (Lipinski definition) is 1. The molecule has 0 aliphatic carbocycles. The van der Waals surface area contributed by atoms with Crippen molar-refractivity contribution in [3.8, 4) is 0 Å². The molecule has 0 atom stereocenters. The van der Waals surface area contributed by atoms with E-state index in [1.165, 1.54) is 12.1 Å². The maximum Gasteiger partial charge on any atom is 0.240 e. The Morgan fingerprint density at radius 2 is 1.67 bits per heavy atom. The molecule has 2 aromatic rings. The Morgan fingerprint density at radius 3 is 2.28 bits per heavy atom. The van der Waals surface area contributed by atoms with Crippen LogP contribution in [0, 0.1) is 5.82 Å². The van der Waals surface area contributed by atoms with Crippen LogP contribution in [0.2, 0.25) is 0 Å². The molecular formula is C12H12FN2O2S+. The van der Waals surface area contributed by atoms with Crippen LogP contribution < -0.4 is 9.71 Å². The number of benzene rings is 1. The van der Waals surface area contributed by atoms with Gasteiger partial charge in [-0.3, -0.25) is 0 Å². The summed E-state index contributed by atoms with van der Waals surface area (Å²) in [6.07, 6.45) is 3.42. The maximum absolute atomic E-state index is 12.7. The monoisotopic (exact) mass is 267 g/mol. The molecule has 0 bridgehead atoms. The van der Waals surface area contributed by atoms with Gasteiger partial charge in [-0.05, 0) is 29.8 Å². The highest BCUT2D eigenvalue weighted by molar-refractivity contribution is 7.89. The number of H-pyrrole nitrogens is 1. The van der Waals surface area contributed by atoms with E-state index in [2.05, 4.69) is 9.71 Å². The van der Waals surface area contributed by atoms with E-state index < -0.39 is 15.8 Å². The van der Waals surface area contributed by atoms with Crippen LogP contribution in [0.4, 0.5) is 4.39 Å². The van der Waals surface area contributed by atoms with Crippen LogP contribution in [0.3, 0.4) is 0 Å². The SMILES string of the molecule is O=S(=O)(NCc1cc[nH+]cc1)c1ccc(F)cc1. The van der Waals surface area contributed by atoms with E-state index in [1.54, 1.807) is 24.5 Å². The first-order valence-electron chi connectivity index (χ1n) is 5.28. The van der Waals surface area contributed by atoms with Gasteiger partial charge in [0.1, 0.15) is 5.82 Å². The van der Waals surface area contributed by atoms with Crippen molar-refractivity contribution in [2.75, 3.05) is 0 Å². The normalized spacial score (nSPS) is 11.4. The number of hydrogen-bond acceptors (Lipinski definition) is 2. The van der Waals surface area contributed by atoms with Crippen LogP contribution in [0.15, 0.2) is 53.7 Å². The van der Waals surface area contributed by atoms with Gasteiger partial charge in [-0.25, -0.2) is 22.5 Å². The smallest absolute Gasteiger partial charge is 0.218 e. The molecule has 0 amide bonds. The van der Waals surface area contributed by atoms with Gasteiger partial charge in [0.05, 0.1) is 4.90 Å². The lowest BCUT2D eigenvalue weighted by molar-refractivity contribution is -0.378. The molecule has 0 spiro atoms. The van der Waals surface area contributed by atoms with Crippen molar-refractivity contribution in [3.05, 3.63) is 60.2 Å². The average molecular weight is 267 g/mol. The van der Waals surface area contributed by atoms with Crippen LogP contribution in [0.25, 0.3) is 0 Å². The minimum atomic E-state index is -3.60. The lowest BCUT2D eigenvalue weighted by Gasteiger charge is -2.05. The highest BCUT2D eigenvalue weighted by Crippen LogP contribution is 2.10. The molecule has 0 saturated carbocycles. The molecule has 6 heteroatoms. The van der Waals surface area contributed by atoms with E-state index in [1.807, 2.05) is 0 Å². The molecule has 0 saturated heterocycles. The van der Waals surface area contributed by atoms with E-state index >= 15 is 0 Å². The van der Waals surface area contributed by atoms with Gasteiger partial charge in [0.15, 0.2) is 12.4 Å². The lowest BCUT2D eigenvalue weighted by atomic mass is 10.3. The van der Waals surface area contributed by atoms with Gasteiger partial charge in [0.25, 0.3) is 0 Å². The van der Waals surface area contributed by atoms with Crippen molar-refractivity contribution in [1.29, 1.82) is 0 Å². The summed E-state index contributed by atoms with van der Waals surface area (Å²) in [5, 5.41) is 0. The van der Waals surface area contributed by atoms with Crippen molar-refractivity contribution in [2.24, 2.45) is 0 Å². The first-order valence-corrected chi connectivity index (χ1v) is 6.76. The zero-order valence-electron chi connectivity index (χ0n) is 9.43. The highest BCUT2D eigenvalue weighted by Gasteiger charge is 2.13. The van der Waals surface area contributed by atoms with Gasteiger partial charge in [-0.2, -0.15) is 0 Å². The van der Waals surface area contributed by atoms with Crippen molar-refractivity contribution >= 4 is 10.0 Å². The quantitative estimate of drug-likeness (QED) is 0.902. The van der Waals surface area contributed by atoms with E-state index in [9.17, 15) is 12.8 Å². The van der Waals surface area contributed by atoms with Gasteiger partial charge in [-0.15, -0.1) is 0 Å². The van der Waals surface area contributed by atoms with Crippen LogP contribution in [-0.2, 0) is 16.6 Å². The molecule has 0 aliphatic rings. The Labute approximate surface area is 105 Å². The maximum atomic E-state index is 12.7. The molecule has 18 heavy (non-hydrogen) atoms. The fourth-order valence-corrected chi connectivity index (χ4v) is 2.43. The van der Waals surface area contributed by atoms with E-state index in [0.29, 0.717) is 0 Å². The lowest BCUT2D eigenvalue weighted by Crippen LogP contribution is -2.23. The number of aromatic amines is 1. The minimum Gasteiger partial charge on any atom is -0.218 e. The molecule has 0 radical (unpaired) electrons. The number of rotatable bonds is 4. The van der Waals surface area contributed by atoms with Crippen molar-refractivity contribution < 1.29 is 17.8 Å². The van der Waals surface area contributed by atoms with E-state index in [-0.39, 0.29) is 11.4 Å². The van der Waals surface area contributed by atoms with Crippen LogP contribution >= 0.6 is 0 Å². The summed E-state index contributed by atoms with van der Waals surface area (Å²) in [4.78, 5) is 2.90. The van der Waals surface area contributed by atoms with Crippen LogP contribution in [-0.4, -0.2) is 8.42 Å². The zero-order valence-corrected chi connectivity index (χ0v) is 10.2. The third-order valence-corrected chi connectivity index (χ3v) is 3.79. The first kappa shape index (κ1) is 12.7. The molecule has 4 nitrogen and oxygen atoms in total. The predicted octanol–water partition coefficient (Wildman–Crippen LogP) is 1.12. The van der Waals surface area contributed by atoms with Gasteiger partial charge in [0, 0.05) is 18.7 Å². The molecule has 1 aromatic carbocycles. The fraction of sp³-hybridized carbons (Fsp3) is 0.0833. The standard InChI is InChI=1S/C12H11FN2O2S/c13-11-1-3-12(4-2-11)18(16,17)15-9-10-5-7-14-8-6-10/h1-8,15H,9H2/p+1. The summed E-state index contributed by atoms with van der Waals surface area (Å²) < 4.78 is 38.9. The second-order valence-electron chi connectivity index (χ2n) is 3.69. The summed E-state index contributed by atoms with van der Waals surface area (Å²) in [7, 11) is -3.60. The summed E-state index contributed by atoms with van der Waals surface area (Å²) in [5.41, 5.74) is 0.833. The molecule has 0 fully saturated rings. The molecule has 1 aromatic heterocycles. The van der Waals surface area contributed by atoms with Gasteiger partial charge in [0.2, 0.25) is 10.0 Å². The average Bonchev–Trinajstić information content (AvgIpc) is 2.38. The second kappa shape index (κ2) is 5.24. The molecule has 0 aliphatic heterocycles. The summed E-state index contributed by atoms with van der Waals surface area (Å²) in [6.45, 7) is 0.189. The predicted molar refractivity (Wildman–Crippen MR) is 63.4 cm³/mol. The van der Waals surface area contributed by atoms with Gasteiger partial charge >= 0.3 is 0 Å². The van der Waals surface area contributed by atoms with Crippen molar-refractivity contribution in [1.82, 2.24) is 4.72 Å². The molecule has 94 valence electrons. The number of nitrogens with one attached hydrogen (secondary N) is 2. The highest BCUT2D eigenvalue weighted by atomic mass is 32.2. The number of halogens is 1. The Kier molecular flexibility index (Phi) is 3.69. The van der Waals surface area contributed by atoms with E-state index in [4.69, 9.17) is 0 Å². The number of sulfonamides is 1. The van der Waals surface area contributed by atoms with Crippen molar-refractivity contribution in [3.63, 3.8) is 0 Å². The van der Waals surface area contributed by atoms with E-state index in [0.717, 1.165) is 17.7 Å². The molecular weight excluding hydrogens is 255 g/mol. The Bertz CT molecular complexity index is 612.